The van der Waals surface area contributed by atoms with Gasteiger partial charge in [-0.3, -0.25) is 4.99 Å². The highest BCUT2D eigenvalue weighted by Crippen LogP contribution is 2.19. The maximum absolute atomic E-state index is 4.55. The zero-order valence-electron chi connectivity index (χ0n) is 10.6. The molecule has 0 unspecified atom stereocenters. The highest BCUT2D eigenvalue weighted by molar-refractivity contribution is 5.84. The van der Waals surface area contributed by atoms with Crippen molar-refractivity contribution in [3.63, 3.8) is 0 Å². The average Bonchev–Trinajstić information content (AvgIpc) is 2.30. The van der Waals surface area contributed by atoms with Gasteiger partial charge in [-0.25, -0.2) is 0 Å². The number of hydrogen-bond donors (Lipinski definition) is 0. The van der Waals surface area contributed by atoms with E-state index in [9.17, 15) is 0 Å². The molecule has 0 amide bonds. The van der Waals surface area contributed by atoms with Crippen LogP contribution in [-0.2, 0) is 0 Å². The Morgan fingerprint density at radius 1 is 0.882 bits per heavy atom. The van der Waals surface area contributed by atoms with Crippen LogP contribution < -0.4 is 0 Å². The number of benzene rings is 2. The molecule has 2 rings (SSSR count). The Bertz CT molecular complexity index is 553. The third-order valence-corrected chi connectivity index (χ3v) is 2.88. The van der Waals surface area contributed by atoms with Crippen LogP contribution in [0.2, 0.25) is 0 Å². The van der Waals surface area contributed by atoms with Gasteiger partial charge in [0.2, 0.25) is 0 Å². The predicted molar refractivity (Wildman–Crippen MR) is 74.3 cm³/mol. The summed E-state index contributed by atoms with van der Waals surface area (Å²) in [6, 6.07) is 14.6. The molecule has 0 aliphatic carbocycles. The molecular weight excluding hydrogens is 206 g/mol. The van der Waals surface area contributed by atoms with Gasteiger partial charge >= 0.3 is 0 Å². The topological polar surface area (TPSA) is 12.4 Å². The summed E-state index contributed by atoms with van der Waals surface area (Å²) >= 11 is 0. The first-order valence-electron chi connectivity index (χ1n) is 5.84. The highest BCUT2D eigenvalue weighted by Gasteiger charge is 1.96. The van der Waals surface area contributed by atoms with Crippen molar-refractivity contribution < 1.29 is 0 Å². The number of rotatable bonds is 2. The van der Waals surface area contributed by atoms with Crippen LogP contribution in [0, 0.1) is 20.8 Å². The zero-order chi connectivity index (χ0) is 12.3. The van der Waals surface area contributed by atoms with Gasteiger partial charge in [0.15, 0.2) is 0 Å². The quantitative estimate of drug-likeness (QED) is 0.671. The fourth-order valence-electron chi connectivity index (χ4n) is 1.82. The largest absolute Gasteiger partial charge is 0.256 e. The summed E-state index contributed by atoms with van der Waals surface area (Å²) in [6.45, 7) is 6.29. The monoisotopic (exact) mass is 223 g/mol. The molecule has 1 nitrogen and oxygen atoms in total. The van der Waals surface area contributed by atoms with Crippen LogP contribution in [0.1, 0.15) is 22.3 Å². The standard InChI is InChI=1S/C16H17N/c1-12-8-9-16(14(3)10-12)17-11-15-7-5-4-6-13(15)2/h4-11H,1-3H3. The van der Waals surface area contributed by atoms with Gasteiger partial charge in [0.05, 0.1) is 5.69 Å². The fourth-order valence-corrected chi connectivity index (χ4v) is 1.82. The van der Waals surface area contributed by atoms with Crippen molar-refractivity contribution in [2.45, 2.75) is 20.8 Å². The van der Waals surface area contributed by atoms with Crippen molar-refractivity contribution in [2.24, 2.45) is 4.99 Å². The minimum Gasteiger partial charge on any atom is -0.256 e. The van der Waals surface area contributed by atoms with Crippen LogP contribution in [0.25, 0.3) is 0 Å². The molecule has 0 atom stereocenters. The van der Waals surface area contributed by atoms with Crippen molar-refractivity contribution in [2.75, 3.05) is 0 Å². The smallest absolute Gasteiger partial charge is 0.0659 e. The molecule has 2 aromatic rings. The van der Waals surface area contributed by atoms with E-state index in [1.54, 1.807) is 0 Å². The van der Waals surface area contributed by atoms with Gasteiger partial charge in [-0.2, -0.15) is 0 Å². The molecule has 0 aliphatic heterocycles. The first-order valence-corrected chi connectivity index (χ1v) is 5.84. The molecule has 0 heterocycles. The lowest BCUT2D eigenvalue weighted by Gasteiger charge is -2.02. The summed E-state index contributed by atoms with van der Waals surface area (Å²) in [5.74, 6) is 0. The van der Waals surface area contributed by atoms with E-state index < -0.39 is 0 Å². The molecule has 2 aromatic carbocycles. The second-order valence-electron chi connectivity index (χ2n) is 4.40. The Morgan fingerprint density at radius 3 is 2.35 bits per heavy atom. The summed E-state index contributed by atoms with van der Waals surface area (Å²) in [6.07, 6.45) is 1.94. The van der Waals surface area contributed by atoms with Gasteiger partial charge in [-0.15, -0.1) is 0 Å². The summed E-state index contributed by atoms with van der Waals surface area (Å²) < 4.78 is 0. The molecule has 86 valence electrons. The Kier molecular flexibility index (Phi) is 3.38. The second kappa shape index (κ2) is 4.96. The number of aliphatic imine (C=N–C) groups is 1. The van der Waals surface area contributed by atoms with E-state index in [1.165, 1.54) is 22.3 Å². The molecule has 0 aromatic heterocycles. The first kappa shape index (κ1) is 11.6. The zero-order valence-corrected chi connectivity index (χ0v) is 10.6. The maximum Gasteiger partial charge on any atom is 0.0659 e. The van der Waals surface area contributed by atoms with E-state index in [0.717, 1.165) is 5.69 Å². The predicted octanol–water partition coefficient (Wildman–Crippen LogP) is 4.36. The second-order valence-corrected chi connectivity index (χ2v) is 4.40. The normalized spacial score (nSPS) is 11.0. The van der Waals surface area contributed by atoms with E-state index in [0.29, 0.717) is 0 Å². The van der Waals surface area contributed by atoms with Gasteiger partial charge in [-0.05, 0) is 43.5 Å². The number of hydrogen-bond acceptors (Lipinski definition) is 1. The molecule has 0 spiro atoms. The molecule has 0 fully saturated rings. The molecule has 0 bridgehead atoms. The van der Waals surface area contributed by atoms with Crippen molar-refractivity contribution in [3.05, 3.63) is 64.7 Å². The minimum atomic E-state index is 1.04. The van der Waals surface area contributed by atoms with Crippen LogP contribution in [0.15, 0.2) is 47.5 Å². The summed E-state index contributed by atoms with van der Waals surface area (Å²) in [7, 11) is 0. The Labute approximate surface area is 103 Å². The van der Waals surface area contributed by atoms with Crippen molar-refractivity contribution in [3.8, 4) is 0 Å². The van der Waals surface area contributed by atoms with Crippen LogP contribution in [-0.4, -0.2) is 6.21 Å². The molecular formula is C16H17N. The lowest BCUT2D eigenvalue weighted by Crippen LogP contribution is -1.85. The molecule has 0 saturated carbocycles. The SMILES string of the molecule is Cc1ccc(N=Cc2ccccc2C)c(C)c1. The summed E-state index contributed by atoms with van der Waals surface area (Å²) in [5.41, 5.74) is 5.96. The molecule has 0 N–H and O–H groups in total. The van der Waals surface area contributed by atoms with Crippen molar-refractivity contribution in [1.29, 1.82) is 0 Å². The van der Waals surface area contributed by atoms with Crippen molar-refractivity contribution >= 4 is 11.9 Å². The third-order valence-electron chi connectivity index (χ3n) is 2.88. The van der Waals surface area contributed by atoms with Crippen LogP contribution in [0.5, 0.6) is 0 Å². The highest BCUT2D eigenvalue weighted by atomic mass is 14.7. The van der Waals surface area contributed by atoms with E-state index in [1.807, 2.05) is 18.3 Å². The van der Waals surface area contributed by atoms with Gasteiger partial charge in [0.1, 0.15) is 0 Å². The first-order chi connectivity index (χ1) is 8.16. The number of nitrogens with zero attached hydrogens (tertiary/aromatic N) is 1. The summed E-state index contributed by atoms with van der Waals surface area (Å²) in [5, 5.41) is 0. The Hall–Kier alpha value is -1.89. The molecule has 1 heteroatoms. The van der Waals surface area contributed by atoms with Crippen molar-refractivity contribution in [1.82, 2.24) is 0 Å². The van der Waals surface area contributed by atoms with Crippen LogP contribution in [0.4, 0.5) is 5.69 Å². The van der Waals surface area contributed by atoms with Gasteiger partial charge in [-0.1, -0.05) is 42.0 Å². The lowest BCUT2D eigenvalue weighted by molar-refractivity contribution is 1.35. The van der Waals surface area contributed by atoms with E-state index >= 15 is 0 Å². The van der Waals surface area contributed by atoms with E-state index in [-0.39, 0.29) is 0 Å². The fraction of sp³-hybridized carbons (Fsp3) is 0.188. The summed E-state index contributed by atoms with van der Waals surface area (Å²) in [4.78, 5) is 4.55. The molecule has 17 heavy (non-hydrogen) atoms. The van der Waals surface area contributed by atoms with Gasteiger partial charge in [0, 0.05) is 6.21 Å². The molecule has 0 radical (unpaired) electrons. The van der Waals surface area contributed by atoms with Crippen LogP contribution in [0.3, 0.4) is 0 Å². The van der Waals surface area contributed by atoms with Gasteiger partial charge in [0.25, 0.3) is 0 Å². The maximum atomic E-state index is 4.55. The third kappa shape index (κ3) is 2.82. The van der Waals surface area contributed by atoms with Crippen LogP contribution >= 0.6 is 0 Å². The van der Waals surface area contributed by atoms with E-state index in [4.69, 9.17) is 0 Å². The number of aryl methyl sites for hydroxylation is 3. The minimum absolute atomic E-state index is 1.04. The Morgan fingerprint density at radius 2 is 1.65 bits per heavy atom. The average molecular weight is 223 g/mol. The van der Waals surface area contributed by atoms with E-state index in [2.05, 4.69) is 56.1 Å². The lowest BCUT2D eigenvalue weighted by atomic mass is 10.1. The molecule has 0 aliphatic rings. The Balaban J connectivity index is 2.29. The molecule has 0 saturated heterocycles. The van der Waals surface area contributed by atoms with Gasteiger partial charge < -0.3 is 0 Å².